The minimum absolute atomic E-state index is 0.0620. The Balaban J connectivity index is 2.13. The molecule has 6 heteroatoms. The smallest absolute Gasteiger partial charge is 0.259 e. The predicted molar refractivity (Wildman–Crippen MR) is 114 cm³/mol. The van der Waals surface area contributed by atoms with E-state index in [2.05, 4.69) is 22.6 Å². The van der Waals surface area contributed by atoms with Crippen LogP contribution in [0.1, 0.15) is 22.8 Å². The van der Waals surface area contributed by atoms with Gasteiger partial charge >= 0.3 is 0 Å². The molecule has 2 rings (SSSR count). The molecule has 0 N–H and O–H groups in total. The van der Waals surface area contributed by atoms with Crippen molar-refractivity contribution in [3.05, 3.63) is 63.2 Å². The molecule has 0 aliphatic rings. The monoisotopic (exact) mass is 479 g/mol. The Morgan fingerprint density at radius 1 is 1.04 bits per heavy atom. The van der Waals surface area contributed by atoms with Gasteiger partial charge in [0, 0.05) is 23.2 Å². The van der Waals surface area contributed by atoms with Crippen LogP contribution in [-0.2, 0) is 4.79 Å². The lowest BCUT2D eigenvalue weighted by atomic mass is 10.1. The third kappa shape index (κ3) is 6.39. The summed E-state index contributed by atoms with van der Waals surface area (Å²) in [5, 5.41) is 0. The first-order valence-electron chi connectivity index (χ1n) is 8.48. The van der Waals surface area contributed by atoms with Crippen LogP contribution in [0.5, 0.6) is 11.5 Å². The van der Waals surface area contributed by atoms with Crippen LogP contribution in [0.4, 0.5) is 0 Å². The number of nitrogens with zero attached hydrogens (tertiary/aromatic N) is 1. The molecular weight excluding hydrogens is 457 g/mol. The summed E-state index contributed by atoms with van der Waals surface area (Å²) >= 11 is 2.20. The Labute approximate surface area is 173 Å². The highest BCUT2D eigenvalue weighted by Gasteiger charge is 2.10. The van der Waals surface area contributed by atoms with Gasteiger partial charge in [-0.05, 0) is 65.4 Å². The summed E-state index contributed by atoms with van der Waals surface area (Å²) in [6, 6.07) is 12.7. The molecule has 5 nitrogen and oxygen atoms in total. The average molecular weight is 479 g/mol. The van der Waals surface area contributed by atoms with E-state index >= 15 is 0 Å². The number of likely N-dealkylation sites (N-methyl/N-ethyl adjacent to an activating group) is 1. The maximum absolute atomic E-state index is 12.3. The molecule has 0 fully saturated rings. The summed E-state index contributed by atoms with van der Waals surface area (Å²) < 4.78 is 12.3. The van der Waals surface area contributed by atoms with Gasteiger partial charge in [-0.15, -0.1) is 0 Å². The molecule has 0 aromatic heterocycles. The van der Waals surface area contributed by atoms with Crippen LogP contribution in [0, 0.1) is 3.57 Å². The molecule has 0 saturated heterocycles. The second kappa shape index (κ2) is 10.1. The first-order valence-corrected chi connectivity index (χ1v) is 9.56. The average Bonchev–Trinajstić information content (AvgIpc) is 2.65. The Morgan fingerprint density at radius 3 is 2.37 bits per heavy atom. The Morgan fingerprint density at radius 2 is 1.74 bits per heavy atom. The number of carbonyl (C=O) groups excluding carboxylic acids is 2. The molecule has 0 spiro atoms. The summed E-state index contributed by atoms with van der Waals surface area (Å²) in [6.45, 7) is 2.28. The predicted octanol–water partition coefficient (Wildman–Crippen LogP) is 4.05. The second-order valence-corrected chi connectivity index (χ2v) is 7.17. The third-order valence-corrected chi connectivity index (χ3v) is 4.39. The van der Waals surface area contributed by atoms with Gasteiger partial charge < -0.3 is 14.4 Å². The van der Waals surface area contributed by atoms with Crippen LogP contribution in [0.3, 0.4) is 0 Å². The summed E-state index contributed by atoms with van der Waals surface area (Å²) in [7, 11) is 3.35. The molecule has 142 valence electrons. The van der Waals surface area contributed by atoms with Crippen LogP contribution >= 0.6 is 22.6 Å². The van der Waals surface area contributed by atoms with Crippen molar-refractivity contribution in [2.75, 3.05) is 27.3 Å². The lowest BCUT2D eigenvalue weighted by molar-refractivity contribution is -0.130. The van der Waals surface area contributed by atoms with Crippen molar-refractivity contribution in [1.29, 1.82) is 0 Å². The minimum atomic E-state index is -0.135. The molecule has 2 aromatic rings. The zero-order valence-corrected chi connectivity index (χ0v) is 17.7. The molecule has 0 heterocycles. The van der Waals surface area contributed by atoms with E-state index in [1.54, 1.807) is 44.4 Å². The van der Waals surface area contributed by atoms with Gasteiger partial charge in [-0.3, -0.25) is 9.59 Å². The molecule has 0 unspecified atom stereocenters. The Bertz CT molecular complexity index is 829. The summed E-state index contributed by atoms with van der Waals surface area (Å²) in [5.41, 5.74) is 1.45. The molecule has 0 aliphatic heterocycles. The number of halogens is 1. The van der Waals surface area contributed by atoms with Gasteiger partial charge in [0.2, 0.25) is 0 Å². The van der Waals surface area contributed by atoms with E-state index in [0.29, 0.717) is 23.7 Å². The lowest BCUT2D eigenvalue weighted by Crippen LogP contribution is -2.27. The maximum atomic E-state index is 12.3. The summed E-state index contributed by atoms with van der Waals surface area (Å²) in [6.07, 6.45) is 3.26. The van der Waals surface area contributed by atoms with E-state index in [-0.39, 0.29) is 18.3 Å². The fourth-order valence-electron chi connectivity index (χ4n) is 2.17. The number of hydrogen-bond donors (Lipinski definition) is 0. The van der Waals surface area contributed by atoms with E-state index in [1.807, 2.05) is 25.1 Å². The number of benzene rings is 2. The Kier molecular flexibility index (Phi) is 7.84. The number of hydrogen-bond acceptors (Lipinski definition) is 4. The fourth-order valence-corrected chi connectivity index (χ4v) is 2.53. The second-order valence-electron chi connectivity index (χ2n) is 5.92. The van der Waals surface area contributed by atoms with Crippen molar-refractivity contribution in [2.45, 2.75) is 6.92 Å². The number of allylic oxidation sites excluding steroid dienone is 1. The van der Waals surface area contributed by atoms with Crippen molar-refractivity contribution >= 4 is 40.4 Å². The molecule has 0 atom stereocenters. The topological polar surface area (TPSA) is 55.8 Å². The number of ether oxygens (including phenoxy) is 2. The molecule has 0 aliphatic carbocycles. The summed E-state index contributed by atoms with van der Waals surface area (Å²) in [5.74, 6) is 0.826. The highest BCUT2D eigenvalue weighted by molar-refractivity contribution is 14.1. The van der Waals surface area contributed by atoms with Gasteiger partial charge in [0.15, 0.2) is 23.9 Å². The zero-order valence-electron chi connectivity index (χ0n) is 15.6. The van der Waals surface area contributed by atoms with E-state index in [9.17, 15) is 9.59 Å². The summed E-state index contributed by atoms with van der Waals surface area (Å²) in [4.78, 5) is 25.4. The highest BCUT2D eigenvalue weighted by atomic mass is 127. The van der Waals surface area contributed by atoms with Crippen molar-refractivity contribution in [2.24, 2.45) is 0 Å². The molecule has 1 amide bonds. The minimum Gasteiger partial charge on any atom is -0.490 e. The third-order valence-electron chi connectivity index (χ3n) is 3.67. The number of carbonyl (C=O) groups is 2. The number of ketones is 1. The van der Waals surface area contributed by atoms with Crippen molar-refractivity contribution in [1.82, 2.24) is 4.90 Å². The van der Waals surface area contributed by atoms with Crippen LogP contribution in [0.2, 0.25) is 0 Å². The SMILES string of the molecule is CCOc1cc(C=CC(=O)c2ccc(I)cc2)ccc1OCC(=O)N(C)C. The molecule has 0 bridgehead atoms. The molecular formula is C21H22INO4. The van der Waals surface area contributed by atoms with Gasteiger partial charge in [0.05, 0.1) is 6.61 Å². The number of rotatable bonds is 8. The van der Waals surface area contributed by atoms with Crippen LogP contribution in [-0.4, -0.2) is 43.9 Å². The molecule has 27 heavy (non-hydrogen) atoms. The van der Waals surface area contributed by atoms with Gasteiger partial charge in [0.1, 0.15) is 0 Å². The highest BCUT2D eigenvalue weighted by Crippen LogP contribution is 2.29. The quantitative estimate of drug-likeness (QED) is 0.326. The maximum Gasteiger partial charge on any atom is 0.259 e. The molecule has 0 radical (unpaired) electrons. The first kappa shape index (κ1) is 21.0. The normalized spacial score (nSPS) is 10.7. The standard InChI is InChI=1S/C21H22INO4/c1-4-26-20-13-15(6-12-19(20)27-14-21(25)23(2)3)5-11-18(24)16-7-9-17(22)10-8-16/h5-13H,4,14H2,1-3H3. The fraction of sp³-hybridized carbons (Fsp3) is 0.238. The van der Waals surface area contributed by atoms with Gasteiger partial charge in [-0.2, -0.15) is 0 Å². The molecule has 2 aromatic carbocycles. The largest absolute Gasteiger partial charge is 0.490 e. The Hall–Kier alpha value is -2.35. The van der Waals surface area contributed by atoms with Crippen molar-refractivity contribution in [3.63, 3.8) is 0 Å². The first-order chi connectivity index (χ1) is 12.9. The van der Waals surface area contributed by atoms with Crippen molar-refractivity contribution in [3.8, 4) is 11.5 Å². The van der Waals surface area contributed by atoms with Gasteiger partial charge in [-0.25, -0.2) is 0 Å². The van der Waals surface area contributed by atoms with Crippen LogP contribution in [0.25, 0.3) is 6.08 Å². The van der Waals surface area contributed by atoms with Crippen LogP contribution < -0.4 is 9.47 Å². The zero-order chi connectivity index (χ0) is 19.8. The number of amides is 1. The molecule has 0 saturated carbocycles. The van der Waals surface area contributed by atoms with E-state index in [1.165, 1.54) is 11.0 Å². The lowest BCUT2D eigenvalue weighted by Gasteiger charge is -2.14. The van der Waals surface area contributed by atoms with Crippen molar-refractivity contribution < 1.29 is 19.1 Å². The van der Waals surface area contributed by atoms with Crippen LogP contribution in [0.15, 0.2) is 48.5 Å². The van der Waals surface area contributed by atoms with E-state index < -0.39 is 0 Å². The van der Waals surface area contributed by atoms with Gasteiger partial charge in [-0.1, -0.05) is 24.3 Å². The van der Waals surface area contributed by atoms with E-state index in [0.717, 1.165) is 9.13 Å². The van der Waals surface area contributed by atoms with Gasteiger partial charge in [0.25, 0.3) is 5.91 Å². The van der Waals surface area contributed by atoms with E-state index in [4.69, 9.17) is 9.47 Å².